The Morgan fingerprint density at radius 1 is 1.35 bits per heavy atom. The number of aromatic nitrogens is 1. The van der Waals surface area contributed by atoms with Gasteiger partial charge < -0.3 is 5.11 Å². The number of nitrogens with zero attached hydrogens (tertiary/aromatic N) is 2. The largest absolute Gasteiger partial charge is 0.391 e. The minimum atomic E-state index is -0.186. The zero-order valence-corrected chi connectivity index (χ0v) is 13.0. The van der Waals surface area contributed by atoms with Crippen molar-refractivity contribution in [2.24, 2.45) is 11.8 Å². The van der Waals surface area contributed by atoms with E-state index in [0.717, 1.165) is 44.0 Å². The van der Waals surface area contributed by atoms with E-state index in [9.17, 15) is 5.11 Å². The molecular formula is C17H28N2O. The lowest BCUT2D eigenvalue weighted by molar-refractivity contribution is -0.00643. The maximum absolute atomic E-state index is 10.4. The van der Waals surface area contributed by atoms with Gasteiger partial charge in [0, 0.05) is 18.8 Å². The molecule has 3 heteroatoms. The minimum Gasteiger partial charge on any atom is -0.391 e. The SMILES string of the molecule is CCN(Cc1ccccn1)C1CC(C(C)C)CCC1O. The van der Waals surface area contributed by atoms with E-state index in [2.05, 4.69) is 36.7 Å². The molecular weight excluding hydrogens is 248 g/mol. The fraction of sp³-hybridized carbons (Fsp3) is 0.706. The van der Waals surface area contributed by atoms with Crippen LogP contribution in [0.15, 0.2) is 24.4 Å². The second kappa shape index (κ2) is 7.19. The average Bonchev–Trinajstić information content (AvgIpc) is 2.46. The number of likely N-dealkylation sites (N-methyl/N-ethyl adjacent to an activating group) is 1. The molecule has 3 nitrogen and oxygen atoms in total. The summed E-state index contributed by atoms with van der Waals surface area (Å²) in [5.41, 5.74) is 1.09. The molecule has 0 spiro atoms. The van der Waals surface area contributed by atoms with E-state index in [1.807, 2.05) is 18.3 Å². The Morgan fingerprint density at radius 3 is 2.75 bits per heavy atom. The molecule has 0 amide bonds. The summed E-state index contributed by atoms with van der Waals surface area (Å²) in [4.78, 5) is 6.81. The highest BCUT2D eigenvalue weighted by Gasteiger charge is 2.33. The van der Waals surface area contributed by atoms with Crippen molar-refractivity contribution in [2.45, 2.75) is 58.7 Å². The van der Waals surface area contributed by atoms with E-state index in [4.69, 9.17) is 0 Å². The van der Waals surface area contributed by atoms with Crippen LogP contribution in [-0.2, 0) is 6.54 Å². The van der Waals surface area contributed by atoms with Crippen LogP contribution in [0.4, 0.5) is 0 Å². The van der Waals surface area contributed by atoms with Crippen LogP contribution < -0.4 is 0 Å². The Kier molecular flexibility index (Phi) is 5.55. The van der Waals surface area contributed by atoms with E-state index < -0.39 is 0 Å². The van der Waals surface area contributed by atoms with Gasteiger partial charge in [0.15, 0.2) is 0 Å². The maximum atomic E-state index is 10.4. The van der Waals surface area contributed by atoms with Crippen molar-refractivity contribution < 1.29 is 5.11 Å². The lowest BCUT2D eigenvalue weighted by Gasteiger charge is -2.41. The predicted octanol–water partition coefficient (Wildman–Crippen LogP) is 3.09. The van der Waals surface area contributed by atoms with Gasteiger partial charge in [0.05, 0.1) is 11.8 Å². The molecule has 112 valence electrons. The number of pyridine rings is 1. The lowest BCUT2D eigenvalue weighted by Crippen LogP contribution is -2.47. The summed E-state index contributed by atoms with van der Waals surface area (Å²) in [6.07, 6.45) is 4.87. The van der Waals surface area contributed by atoms with Crippen molar-refractivity contribution in [3.8, 4) is 0 Å². The highest BCUT2D eigenvalue weighted by molar-refractivity contribution is 5.04. The van der Waals surface area contributed by atoms with E-state index in [0.29, 0.717) is 5.92 Å². The molecule has 1 aromatic heterocycles. The summed E-state index contributed by atoms with van der Waals surface area (Å²) in [7, 11) is 0. The van der Waals surface area contributed by atoms with Crippen LogP contribution in [0, 0.1) is 11.8 Å². The van der Waals surface area contributed by atoms with Crippen molar-refractivity contribution in [3.63, 3.8) is 0 Å². The quantitative estimate of drug-likeness (QED) is 0.898. The van der Waals surface area contributed by atoms with E-state index in [-0.39, 0.29) is 12.1 Å². The smallest absolute Gasteiger partial charge is 0.0695 e. The van der Waals surface area contributed by atoms with Gasteiger partial charge in [0.1, 0.15) is 0 Å². The second-order valence-electron chi connectivity index (χ2n) is 6.34. The van der Waals surface area contributed by atoms with Gasteiger partial charge in [-0.3, -0.25) is 9.88 Å². The third-order valence-corrected chi connectivity index (χ3v) is 4.73. The molecule has 3 unspecified atom stereocenters. The standard InChI is InChI=1S/C17H28N2O/c1-4-19(12-15-7-5-6-10-18-15)16-11-14(13(2)3)8-9-17(16)20/h5-7,10,13-14,16-17,20H,4,8-9,11-12H2,1-3H3. The molecule has 1 fully saturated rings. The Labute approximate surface area is 123 Å². The molecule has 0 radical (unpaired) electrons. The molecule has 1 aliphatic rings. The molecule has 0 aliphatic heterocycles. The van der Waals surface area contributed by atoms with Crippen LogP contribution in [0.25, 0.3) is 0 Å². The van der Waals surface area contributed by atoms with Crippen LogP contribution in [-0.4, -0.2) is 33.7 Å². The van der Waals surface area contributed by atoms with Crippen molar-refractivity contribution in [1.82, 2.24) is 9.88 Å². The van der Waals surface area contributed by atoms with E-state index in [1.165, 1.54) is 0 Å². The van der Waals surface area contributed by atoms with Crippen LogP contribution >= 0.6 is 0 Å². The topological polar surface area (TPSA) is 36.4 Å². The molecule has 1 heterocycles. The number of rotatable bonds is 5. The molecule has 1 aromatic rings. The van der Waals surface area contributed by atoms with Gasteiger partial charge in [0.2, 0.25) is 0 Å². The summed E-state index contributed by atoms with van der Waals surface area (Å²) < 4.78 is 0. The molecule has 1 N–H and O–H groups in total. The highest BCUT2D eigenvalue weighted by atomic mass is 16.3. The van der Waals surface area contributed by atoms with Gasteiger partial charge in [-0.05, 0) is 49.8 Å². The molecule has 1 saturated carbocycles. The third kappa shape index (κ3) is 3.80. The first-order valence-electron chi connectivity index (χ1n) is 7.93. The van der Waals surface area contributed by atoms with Gasteiger partial charge in [0.25, 0.3) is 0 Å². The van der Waals surface area contributed by atoms with Gasteiger partial charge in [-0.2, -0.15) is 0 Å². The first kappa shape index (κ1) is 15.5. The van der Waals surface area contributed by atoms with Crippen molar-refractivity contribution in [1.29, 1.82) is 0 Å². The van der Waals surface area contributed by atoms with Crippen molar-refractivity contribution in [2.75, 3.05) is 6.54 Å². The minimum absolute atomic E-state index is 0.186. The Hall–Kier alpha value is -0.930. The van der Waals surface area contributed by atoms with Gasteiger partial charge in [-0.1, -0.05) is 26.8 Å². The summed E-state index contributed by atoms with van der Waals surface area (Å²) >= 11 is 0. The van der Waals surface area contributed by atoms with E-state index in [1.54, 1.807) is 0 Å². The second-order valence-corrected chi connectivity index (χ2v) is 6.34. The molecule has 1 aliphatic carbocycles. The average molecular weight is 276 g/mol. The summed E-state index contributed by atoms with van der Waals surface area (Å²) in [5.74, 6) is 1.44. The molecule has 0 saturated heterocycles. The van der Waals surface area contributed by atoms with Crippen molar-refractivity contribution in [3.05, 3.63) is 30.1 Å². The van der Waals surface area contributed by atoms with Gasteiger partial charge in [-0.15, -0.1) is 0 Å². The summed E-state index contributed by atoms with van der Waals surface area (Å²) in [6, 6.07) is 6.33. The fourth-order valence-electron chi connectivity index (χ4n) is 3.32. The molecule has 0 bridgehead atoms. The fourth-order valence-corrected chi connectivity index (χ4v) is 3.32. The Balaban J connectivity index is 2.05. The maximum Gasteiger partial charge on any atom is 0.0695 e. The van der Waals surface area contributed by atoms with Crippen molar-refractivity contribution >= 4 is 0 Å². The summed E-state index contributed by atoms with van der Waals surface area (Å²) in [5, 5.41) is 10.4. The zero-order chi connectivity index (χ0) is 14.5. The number of hydrogen-bond donors (Lipinski definition) is 1. The van der Waals surface area contributed by atoms with Crippen LogP contribution in [0.5, 0.6) is 0 Å². The van der Waals surface area contributed by atoms with Gasteiger partial charge >= 0.3 is 0 Å². The number of aliphatic hydroxyl groups excluding tert-OH is 1. The monoisotopic (exact) mass is 276 g/mol. The van der Waals surface area contributed by atoms with Gasteiger partial charge in [-0.25, -0.2) is 0 Å². The Bertz CT molecular complexity index is 393. The summed E-state index contributed by atoms with van der Waals surface area (Å²) in [6.45, 7) is 8.57. The third-order valence-electron chi connectivity index (χ3n) is 4.73. The normalized spacial score (nSPS) is 27.2. The zero-order valence-electron chi connectivity index (χ0n) is 13.0. The first-order chi connectivity index (χ1) is 9.61. The van der Waals surface area contributed by atoms with E-state index >= 15 is 0 Å². The predicted molar refractivity (Wildman–Crippen MR) is 82.3 cm³/mol. The molecule has 2 rings (SSSR count). The number of aliphatic hydroxyl groups is 1. The Morgan fingerprint density at radius 2 is 2.15 bits per heavy atom. The number of hydrogen-bond acceptors (Lipinski definition) is 3. The van der Waals surface area contributed by atoms with Crippen LogP contribution in [0.3, 0.4) is 0 Å². The van der Waals surface area contributed by atoms with Crippen LogP contribution in [0.2, 0.25) is 0 Å². The first-order valence-corrected chi connectivity index (χ1v) is 7.93. The van der Waals surface area contributed by atoms with Crippen LogP contribution in [0.1, 0.15) is 45.7 Å². The lowest BCUT2D eigenvalue weighted by atomic mass is 9.77. The molecule has 20 heavy (non-hydrogen) atoms. The highest BCUT2D eigenvalue weighted by Crippen LogP contribution is 2.33. The molecule has 3 atom stereocenters. The molecule has 0 aromatic carbocycles.